The van der Waals surface area contributed by atoms with Gasteiger partial charge in [0, 0.05) is 6.20 Å². The topological polar surface area (TPSA) is 93.5 Å². The second-order valence-electron chi connectivity index (χ2n) is 4.99. The first-order valence-electron chi connectivity index (χ1n) is 7.50. The zero-order valence-electron chi connectivity index (χ0n) is 13.1. The first kappa shape index (κ1) is 16.3. The van der Waals surface area contributed by atoms with Gasteiger partial charge in [-0.15, -0.1) is 0 Å². The van der Waals surface area contributed by atoms with Crippen LogP contribution in [0.2, 0.25) is 0 Å². The maximum Gasteiger partial charge on any atom is 0.305 e. The van der Waals surface area contributed by atoms with E-state index < -0.39 is 11.8 Å². The Morgan fingerprint density at radius 1 is 0.920 bits per heavy atom. The van der Waals surface area contributed by atoms with Crippen molar-refractivity contribution in [1.82, 2.24) is 15.8 Å². The molecule has 3 aromatic rings. The summed E-state index contributed by atoms with van der Waals surface area (Å²) in [7, 11) is 0. The number of carbonyl (C=O) groups excluding carboxylic acids is 2. The van der Waals surface area contributed by atoms with Crippen molar-refractivity contribution in [1.29, 1.82) is 0 Å². The van der Waals surface area contributed by atoms with Crippen molar-refractivity contribution >= 4 is 11.8 Å². The zero-order valence-corrected chi connectivity index (χ0v) is 13.1. The Bertz CT molecular complexity index is 847. The van der Waals surface area contributed by atoms with Crippen molar-refractivity contribution in [2.75, 3.05) is 0 Å². The van der Waals surface area contributed by atoms with Crippen LogP contribution in [0.15, 0.2) is 71.3 Å². The van der Waals surface area contributed by atoms with Gasteiger partial charge in [-0.2, -0.15) is 0 Å². The molecule has 2 heterocycles. The third-order valence-electron chi connectivity index (χ3n) is 3.20. The highest BCUT2D eigenvalue weighted by Crippen LogP contribution is 2.13. The van der Waals surface area contributed by atoms with Gasteiger partial charge in [0.2, 0.25) is 0 Å². The average molecular weight is 337 g/mol. The second-order valence-corrected chi connectivity index (χ2v) is 4.99. The molecule has 0 atom stereocenters. The molecule has 7 heteroatoms. The Kier molecular flexibility index (Phi) is 5.06. The number of carbonyl (C=O) groups is 2. The number of amides is 2. The summed E-state index contributed by atoms with van der Waals surface area (Å²) in [6.45, 7) is 0.192. The number of hydrogen-bond acceptors (Lipinski definition) is 5. The predicted molar refractivity (Wildman–Crippen MR) is 88.7 cm³/mol. The van der Waals surface area contributed by atoms with Crippen molar-refractivity contribution in [3.05, 3.63) is 84.1 Å². The summed E-state index contributed by atoms with van der Waals surface area (Å²) in [6, 6.07) is 17.3. The predicted octanol–water partition coefficient (Wildman–Crippen LogP) is 2.33. The molecule has 3 rings (SSSR count). The number of para-hydroxylation sites is 1. The molecule has 0 fully saturated rings. The summed E-state index contributed by atoms with van der Waals surface area (Å²) in [6.07, 6.45) is 1.49. The normalized spacial score (nSPS) is 10.1. The summed E-state index contributed by atoms with van der Waals surface area (Å²) in [4.78, 5) is 27.7. The van der Waals surface area contributed by atoms with E-state index in [1.165, 1.54) is 18.3 Å². The highest BCUT2D eigenvalue weighted by molar-refractivity contribution is 5.96. The molecule has 0 saturated heterocycles. The van der Waals surface area contributed by atoms with Crippen molar-refractivity contribution in [2.45, 2.75) is 6.61 Å². The van der Waals surface area contributed by atoms with Crippen LogP contribution in [0.4, 0.5) is 0 Å². The molecule has 126 valence electrons. The van der Waals surface area contributed by atoms with Gasteiger partial charge in [0.25, 0.3) is 5.91 Å². The lowest BCUT2D eigenvalue weighted by atomic mass is 10.3. The van der Waals surface area contributed by atoms with E-state index in [9.17, 15) is 9.59 Å². The summed E-state index contributed by atoms with van der Waals surface area (Å²) >= 11 is 0. The number of hydrogen-bond donors (Lipinski definition) is 2. The Hall–Kier alpha value is -3.61. The minimum absolute atomic E-state index is 0.0629. The second kappa shape index (κ2) is 7.78. The van der Waals surface area contributed by atoms with E-state index in [0.717, 1.165) is 0 Å². The van der Waals surface area contributed by atoms with Crippen molar-refractivity contribution in [3.8, 4) is 5.75 Å². The molecular weight excluding hydrogens is 322 g/mol. The highest BCUT2D eigenvalue weighted by atomic mass is 16.5. The van der Waals surface area contributed by atoms with Gasteiger partial charge in [0.05, 0.1) is 0 Å². The Labute approximate surface area is 143 Å². The van der Waals surface area contributed by atoms with E-state index in [1.54, 1.807) is 18.2 Å². The van der Waals surface area contributed by atoms with Crippen LogP contribution in [0.5, 0.6) is 5.75 Å². The maximum atomic E-state index is 12.0. The van der Waals surface area contributed by atoms with Crippen LogP contribution < -0.4 is 15.6 Å². The number of furan rings is 1. The van der Waals surface area contributed by atoms with Gasteiger partial charge >= 0.3 is 5.91 Å². The summed E-state index contributed by atoms with van der Waals surface area (Å²) < 4.78 is 10.9. The maximum absolute atomic E-state index is 12.0. The van der Waals surface area contributed by atoms with Gasteiger partial charge in [-0.05, 0) is 36.4 Å². The quantitative estimate of drug-likeness (QED) is 0.697. The first-order valence-corrected chi connectivity index (χ1v) is 7.50. The first-order chi connectivity index (χ1) is 12.2. The molecule has 0 unspecified atom stereocenters. The zero-order chi connectivity index (χ0) is 17.5. The molecule has 0 aliphatic carbocycles. The Morgan fingerprint density at radius 3 is 2.44 bits per heavy atom. The lowest BCUT2D eigenvalue weighted by Gasteiger charge is -2.05. The van der Waals surface area contributed by atoms with Crippen molar-refractivity contribution in [3.63, 3.8) is 0 Å². The van der Waals surface area contributed by atoms with Gasteiger partial charge < -0.3 is 9.15 Å². The molecule has 0 saturated carbocycles. The Morgan fingerprint density at radius 2 is 1.68 bits per heavy atom. The minimum Gasteiger partial charge on any atom is -0.486 e. The van der Waals surface area contributed by atoms with Gasteiger partial charge in [0.15, 0.2) is 5.76 Å². The standard InChI is InChI=1S/C18H15N3O4/c22-17(15-8-4-5-11-19-15)20-21-18(23)16-10-9-14(25-16)12-24-13-6-2-1-3-7-13/h1-11H,12H2,(H,20,22)(H,21,23). The summed E-state index contributed by atoms with van der Waals surface area (Å²) in [5.74, 6) is 0.161. The lowest BCUT2D eigenvalue weighted by Crippen LogP contribution is -2.41. The third kappa shape index (κ3) is 4.44. The number of nitrogens with zero attached hydrogens (tertiary/aromatic N) is 1. The van der Waals surface area contributed by atoms with Crippen LogP contribution >= 0.6 is 0 Å². The average Bonchev–Trinajstić information content (AvgIpc) is 3.15. The van der Waals surface area contributed by atoms with Gasteiger partial charge in [-0.25, -0.2) is 0 Å². The fourth-order valence-corrected chi connectivity index (χ4v) is 1.98. The van der Waals surface area contributed by atoms with Crippen LogP contribution in [-0.2, 0) is 6.61 Å². The fraction of sp³-hybridized carbons (Fsp3) is 0.0556. The molecule has 2 N–H and O–H groups in total. The molecule has 2 amide bonds. The highest BCUT2D eigenvalue weighted by Gasteiger charge is 2.13. The molecule has 7 nitrogen and oxygen atoms in total. The molecule has 25 heavy (non-hydrogen) atoms. The molecule has 0 aliphatic heterocycles. The lowest BCUT2D eigenvalue weighted by molar-refractivity contribution is 0.0826. The third-order valence-corrected chi connectivity index (χ3v) is 3.20. The molecule has 1 aromatic carbocycles. The van der Waals surface area contributed by atoms with Crippen molar-refractivity contribution in [2.24, 2.45) is 0 Å². The number of aromatic nitrogens is 1. The number of benzene rings is 1. The molecule has 0 bridgehead atoms. The van der Waals surface area contributed by atoms with Crippen LogP contribution in [0.25, 0.3) is 0 Å². The number of hydrazine groups is 1. The van der Waals surface area contributed by atoms with Crippen LogP contribution in [0.3, 0.4) is 0 Å². The molecular formula is C18H15N3O4. The van der Waals surface area contributed by atoms with E-state index in [0.29, 0.717) is 11.5 Å². The van der Waals surface area contributed by atoms with Gasteiger partial charge in [-0.3, -0.25) is 25.4 Å². The molecule has 0 aliphatic rings. The van der Waals surface area contributed by atoms with Crippen LogP contribution in [0.1, 0.15) is 26.8 Å². The van der Waals surface area contributed by atoms with E-state index in [-0.39, 0.29) is 18.1 Å². The summed E-state index contributed by atoms with van der Waals surface area (Å²) in [5, 5.41) is 0. The number of ether oxygens (including phenoxy) is 1. The van der Waals surface area contributed by atoms with E-state index in [1.807, 2.05) is 30.3 Å². The van der Waals surface area contributed by atoms with Gasteiger partial charge in [-0.1, -0.05) is 24.3 Å². The smallest absolute Gasteiger partial charge is 0.305 e. The fourth-order valence-electron chi connectivity index (χ4n) is 1.98. The van der Waals surface area contributed by atoms with E-state index in [2.05, 4.69) is 15.8 Å². The number of rotatable bonds is 5. The van der Waals surface area contributed by atoms with Crippen LogP contribution in [-0.4, -0.2) is 16.8 Å². The number of nitrogens with one attached hydrogen (secondary N) is 2. The summed E-state index contributed by atoms with van der Waals surface area (Å²) in [5.41, 5.74) is 4.74. The molecule has 0 radical (unpaired) electrons. The van der Waals surface area contributed by atoms with Crippen molar-refractivity contribution < 1.29 is 18.7 Å². The van der Waals surface area contributed by atoms with E-state index >= 15 is 0 Å². The van der Waals surface area contributed by atoms with E-state index in [4.69, 9.17) is 9.15 Å². The SMILES string of the molecule is O=C(NNC(=O)c1ccc(COc2ccccc2)o1)c1ccccn1. The monoisotopic (exact) mass is 337 g/mol. The molecule has 0 spiro atoms. The Balaban J connectivity index is 1.51. The van der Waals surface area contributed by atoms with Crippen LogP contribution in [0, 0.1) is 0 Å². The molecule has 2 aromatic heterocycles. The largest absolute Gasteiger partial charge is 0.486 e. The van der Waals surface area contributed by atoms with Gasteiger partial charge in [0.1, 0.15) is 23.8 Å². The minimum atomic E-state index is -0.574. The number of pyridine rings is 1.